The Balaban J connectivity index is 1.56. The van der Waals surface area contributed by atoms with Crippen LogP contribution in [0.4, 0.5) is 24.7 Å². The number of anilines is 2. The highest BCUT2D eigenvalue weighted by atomic mass is 19.4. The number of halogens is 3. The van der Waals surface area contributed by atoms with Crippen molar-refractivity contribution in [2.24, 2.45) is 5.92 Å². The van der Waals surface area contributed by atoms with Crippen LogP contribution in [0, 0.1) is 5.92 Å². The lowest BCUT2D eigenvalue weighted by Crippen LogP contribution is -2.38. The van der Waals surface area contributed by atoms with Crippen molar-refractivity contribution in [3.8, 4) is 0 Å². The maximum atomic E-state index is 12.7. The van der Waals surface area contributed by atoms with Crippen LogP contribution in [0.5, 0.6) is 0 Å². The van der Waals surface area contributed by atoms with E-state index in [0.717, 1.165) is 12.3 Å². The number of nitrogens with one attached hydrogen (secondary N) is 2. The summed E-state index contributed by atoms with van der Waals surface area (Å²) in [7, 11) is 1.53. The van der Waals surface area contributed by atoms with E-state index >= 15 is 0 Å². The smallest absolute Gasteiger partial charge is 0.357 e. The first-order chi connectivity index (χ1) is 13.8. The molecule has 2 amide bonds. The van der Waals surface area contributed by atoms with Gasteiger partial charge in [0.15, 0.2) is 0 Å². The third-order valence-electron chi connectivity index (χ3n) is 4.88. The number of amides is 2. The lowest BCUT2D eigenvalue weighted by atomic mass is 9.95. The number of nitrogens with zero attached hydrogens (tertiary/aromatic N) is 2. The Morgan fingerprint density at radius 2 is 1.86 bits per heavy atom. The second kappa shape index (κ2) is 8.50. The average Bonchev–Trinajstić information content (AvgIpc) is 2.73. The molecule has 29 heavy (non-hydrogen) atoms. The molecule has 1 aromatic carbocycles. The normalized spacial score (nSPS) is 15.1. The van der Waals surface area contributed by atoms with E-state index in [9.17, 15) is 22.8 Å². The lowest BCUT2D eigenvalue weighted by molar-refractivity contribution is -0.137. The van der Waals surface area contributed by atoms with Gasteiger partial charge in [-0.25, -0.2) is 4.98 Å². The van der Waals surface area contributed by atoms with E-state index in [0.29, 0.717) is 43.0 Å². The number of piperidine rings is 1. The van der Waals surface area contributed by atoms with Gasteiger partial charge in [0.25, 0.3) is 5.91 Å². The van der Waals surface area contributed by atoms with Gasteiger partial charge in [-0.1, -0.05) is 6.07 Å². The number of hydrogen-bond acceptors (Lipinski definition) is 4. The van der Waals surface area contributed by atoms with E-state index in [1.165, 1.54) is 13.1 Å². The fourth-order valence-corrected chi connectivity index (χ4v) is 3.24. The predicted octanol–water partition coefficient (Wildman–Crippen LogP) is 3.32. The Kier molecular flexibility index (Phi) is 6.05. The molecule has 0 atom stereocenters. The SMILES string of the molecule is CNC(=O)c1cccc(NC(=O)C2CCN(c3ccc(C(F)(F)F)cn3)CC2)c1. The van der Waals surface area contributed by atoms with Gasteiger partial charge in [0, 0.05) is 43.5 Å². The first kappa shape index (κ1) is 20.6. The van der Waals surface area contributed by atoms with E-state index in [1.54, 1.807) is 24.3 Å². The molecule has 0 bridgehead atoms. The molecule has 0 radical (unpaired) electrons. The summed E-state index contributed by atoms with van der Waals surface area (Å²) in [6, 6.07) is 9.04. The minimum atomic E-state index is -4.41. The average molecular weight is 406 g/mol. The van der Waals surface area contributed by atoms with Gasteiger partial charge in [0.1, 0.15) is 5.82 Å². The van der Waals surface area contributed by atoms with Crippen molar-refractivity contribution in [3.05, 3.63) is 53.7 Å². The van der Waals surface area contributed by atoms with Gasteiger partial charge >= 0.3 is 6.18 Å². The number of hydrogen-bond donors (Lipinski definition) is 2. The van der Waals surface area contributed by atoms with Crippen molar-refractivity contribution in [1.82, 2.24) is 10.3 Å². The van der Waals surface area contributed by atoms with Crippen LogP contribution < -0.4 is 15.5 Å². The molecule has 2 aromatic rings. The Hall–Kier alpha value is -3.10. The van der Waals surface area contributed by atoms with E-state index < -0.39 is 11.7 Å². The standard InChI is InChI=1S/C20H21F3N4O2/c1-24-18(28)14-3-2-4-16(11-14)26-19(29)13-7-9-27(10-8-13)17-6-5-15(12-25-17)20(21,22)23/h2-6,11-13H,7-10H2,1H3,(H,24,28)(H,26,29). The number of aromatic nitrogens is 1. The molecule has 1 saturated heterocycles. The van der Waals surface area contributed by atoms with Gasteiger partial charge in [0.2, 0.25) is 5.91 Å². The van der Waals surface area contributed by atoms with Crippen molar-refractivity contribution < 1.29 is 22.8 Å². The van der Waals surface area contributed by atoms with Crippen LogP contribution in [0.1, 0.15) is 28.8 Å². The molecule has 1 aliphatic heterocycles. The highest BCUT2D eigenvalue weighted by Gasteiger charge is 2.31. The highest BCUT2D eigenvalue weighted by Crippen LogP contribution is 2.30. The molecule has 1 aliphatic rings. The molecule has 3 rings (SSSR count). The van der Waals surface area contributed by atoms with Crippen molar-refractivity contribution in [1.29, 1.82) is 0 Å². The van der Waals surface area contributed by atoms with Gasteiger partial charge in [-0.2, -0.15) is 13.2 Å². The second-order valence-corrected chi connectivity index (χ2v) is 6.81. The van der Waals surface area contributed by atoms with E-state index in [4.69, 9.17) is 0 Å². The third-order valence-corrected chi connectivity index (χ3v) is 4.88. The van der Waals surface area contributed by atoms with Crippen molar-refractivity contribution in [3.63, 3.8) is 0 Å². The second-order valence-electron chi connectivity index (χ2n) is 6.81. The molecular weight excluding hydrogens is 385 g/mol. The van der Waals surface area contributed by atoms with Gasteiger partial charge in [-0.3, -0.25) is 9.59 Å². The number of carbonyl (C=O) groups is 2. The number of pyridine rings is 1. The largest absolute Gasteiger partial charge is 0.417 e. The zero-order chi connectivity index (χ0) is 21.0. The molecular formula is C20H21F3N4O2. The zero-order valence-corrected chi connectivity index (χ0v) is 15.8. The number of carbonyl (C=O) groups excluding carboxylic acids is 2. The molecule has 9 heteroatoms. The maximum Gasteiger partial charge on any atom is 0.417 e. The maximum absolute atomic E-state index is 12.7. The molecule has 0 saturated carbocycles. The first-order valence-corrected chi connectivity index (χ1v) is 9.19. The summed E-state index contributed by atoms with van der Waals surface area (Å²) < 4.78 is 38.0. The van der Waals surface area contributed by atoms with Crippen LogP contribution in [-0.4, -0.2) is 36.9 Å². The van der Waals surface area contributed by atoms with Crippen LogP contribution in [0.2, 0.25) is 0 Å². The highest BCUT2D eigenvalue weighted by molar-refractivity contribution is 5.97. The summed E-state index contributed by atoms with van der Waals surface area (Å²) in [6.45, 7) is 1.05. The molecule has 0 spiro atoms. The monoisotopic (exact) mass is 406 g/mol. The molecule has 0 unspecified atom stereocenters. The van der Waals surface area contributed by atoms with Crippen molar-refractivity contribution in [2.75, 3.05) is 30.4 Å². The Labute approximate surface area is 166 Å². The Morgan fingerprint density at radius 1 is 1.14 bits per heavy atom. The summed E-state index contributed by atoms with van der Waals surface area (Å²) in [5.74, 6) is -0.128. The molecule has 1 aromatic heterocycles. The summed E-state index contributed by atoms with van der Waals surface area (Å²) in [6.07, 6.45) is -2.47. The van der Waals surface area contributed by atoms with Crippen LogP contribution >= 0.6 is 0 Å². The van der Waals surface area contributed by atoms with Crippen molar-refractivity contribution >= 4 is 23.3 Å². The van der Waals surface area contributed by atoms with E-state index in [1.807, 2.05) is 4.90 Å². The minimum Gasteiger partial charge on any atom is -0.357 e. The van der Waals surface area contributed by atoms with Crippen molar-refractivity contribution in [2.45, 2.75) is 19.0 Å². The summed E-state index contributed by atoms with van der Waals surface area (Å²) >= 11 is 0. The van der Waals surface area contributed by atoms with Gasteiger partial charge < -0.3 is 15.5 Å². The van der Waals surface area contributed by atoms with Crippen LogP contribution in [-0.2, 0) is 11.0 Å². The summed E-state index contributed by atoms with van der Waals surface area (Å²) in [4.78, 5) is 30.0. The fourth-order valence-electron chi connectivity index (χ4n) is 3.24. The lowest BCUT2D eigenvalue weighted by Gasteiger charge is -2.32. The van der Waals surface area contributed by atoms with Gasteiger partial charge in [-0.15, -0.1) is 0 Å². The van der Waals surface area contributed by atoms with E-state index in [2.05, 4.69) is 15.6 Å². The molecule has 6 nitrogen and oxygen atoms in total. The molecule has 1 fully saturated rings. The van der Waals surface area contributed by atoms with Gasteiger partial charge in [-0.05, 0) is 43.2 Å². The first-order valence-electron chi connectivity index (χ1n) is 9.19. The number of benzene rings is 1. The minimum absolute atomic E-state index is 0.140. The predicted molar refractivity (Wildman–Crippen MR) is 103 cm³/mol. The molecule has 2 heterocycles. The zero-order valence-electron chi connectivity index (χ0n) is 15.8. The topological polar surface area (TPSA) is 74.3 Å². The third kappa shape index (κ3) is 5.04. The van der Waals surface area contributed by atoms with Gasteiger partial charge in [0.05, 0.1) is 5.56 Å². The quantitative estimate of drug-likeness (QED) is 0.817. The molecule has 154 valence electrons. The van der Waals surface area contributed by atoms with Crippen LogP contribution in [0.3, 0.4) is 0 Å². The molecule has 2 N–H and O–H groups in total. The van der Waals surface area contributed by atoms with Crippen LogP contribution in [0.25, 0.3) is 0 Å². The van der Waals surface area contributed by atoms with Crippen LogP contribution in [0.15, 0.2) is 42.6 Å². The number of rotatable bonds is 4. The summed E-state index contributed by atoms with van der Waals surface area (Å²) in [5, 5.41) is 5.36. The Morgan fingerprint density at radius 3 is 2.45 bits per heavy atom. The Bertz CT molecular complexity index is 876. The number of alkyl halides is 3. The fraction of sp³-hybridized carbons (Fsp3) is 0.350. The van der Waals surface area contributed by atoms with E-state index in [-0.39, 0.29) is 17.7 Å². The summed E-state index contributed by atoms with van der Waals surface area (Å²) in [5.41, 5.74) is 0.214. The molecule has 0 aliphatic carbocycles.